The van der Waals surface area contributed by atoms with Gasteiger partial charge in [-0.05, 0) is 32.0 Å². The summed E-state index contributed by atoms with van der Waals surface area (Å²) in [6.07, 6.45) is 2.05. The molecule has 2 heterocycles. The minimum absolute atomic E-state index is 0.00511. The summed E-state index contributed by atoms with van der Waals surface area (Å²) in [5, 5.41) is 8.63. The van der Waals surface area contributed by atoms with E-state index in [1.54, 1.807) is 5.38 Å². The topological polar surface area (TPSA) is 54.0 Å². The van der Waals surface area contributed by atoms with Crippen LogP contribution in [0.25, 0.3) is 0 Å². The molecule has 2 N–H and O–H groups in total. The Kier molecular flexibility index (Phi) is 4.97. The van der Waals surface area contributed by atoms with Gasteiger partial charge in [-0.3, -0.25) is 4.79 Å². The van der Waals surface area contributed by atoms with Crippen LogP contribution in [0.1, 0.15) is 39.8 Å². The van der Waals surface area contributed by atoms with E-state index < -0.39 is 11.6 Å². The summed E-state index contributed by atoms with van der Waals surface area (Å²) in [5.74, 6) is -1.25. The first-order valence-corrected chi connectivity index (χ1v) is 8.39. The zero-order valence-corrected chi connectivity index (χ0v) is 13.3. The Morgan fingerprint density at radius 3 is 2.87 bits per heavy atom. The highest BCUT2D eigenvalue weighted by atomic mass is 32.1. The number of aromatic nitrogens is 1. The highest BCUT2D eigenvalue weighted by Gasteiger charge is 2.20. The third kappa shape index (κ3) is 3.92. The van der Waals surface area contributed by atoms with Gasteiger partial charge < -0.3 is 10.6 Å². The molecule has 1 aromatic heterocycles. The average molecular weight is 337 g/mol. The van der Waals surface area contributed by atoms with E-state index in [9.17, 15) is 13.6 Å². The summed E-state index contributed by atoms with van der Waals surface area (Å²) in [4.78, 5) is 16.5. The number of piperidine rings is 1. The normalized spacial score (nSPS) is 15.6. The molecule has 7 heteroatoms. The number of amides is 1. The quantitative estimate of drug-likeness (QED) is 0.902. The van der Waals surface area contributed by atoms with Gasteiger partial charge >= 0.3 is 0 Å². The standard InChI is InChI=1S/C16H17F2N3OS/c17-12-2-1-11(13(18)7-12)8-20-15(22)14-9-23-16(21-14)10-3-5-19-6-4-10/h1-2,7,9-10,19H,3-6,8H2,(H,20,22). The number of hydrogen-bond acceptors (Lipinski definition) is 4. The van der Waals surface area contributed by atoms with Crippen LogP contribution in [0, 0.1) is 11.6 Å². The first-order valence-electron chi connectivity index (χ1n) is 7.52. The second kappa shape index (κ2) is 7.14. The molecule has 122 valence electrons. The molecule has 1 aliphatic rings. The van der Waals surface area contributed by atoms with Crippen molar-refractivity contribution < 1.29 is 13.6 Å². The molecule has 1 amide bonds. The maximum atomic E-state index is 13.5. The monoisotopic (exact) mass is 337 g/mol. The predicted molar refractivity (Wildman–Crippen MR) is 84.5 cm³/mol. The lowest BCUT2D eigenvalue weighted by Gasteiger charge is -2.20. The molecule has 0 atom stereocenters. The summed E-state index contributed by atoms with van der Waals surface area (Å²) in [5.41, 5.74) is 0.597. The van der Waals surface area contributed by atoms with E-state index in [0.717, 1.165) is 37.0 Å². The molecule has 1 saturated heterocycles. The summed E-state index contributed by atoms with van der Waals surface area (Å²) in [6, 6.07) is 3.30. The lowest BCUT2D eigenvalue weighted by Crippen LogP contribution is -2.27. The summed E-state index contributed by atoms with van der Waals surface area (Å²) in [7, 11) is 0. The van der Waals surface area contributed by atoms with Crippen LogP contribution in [0.4, 0.5) is 8.78 Å². The second-order valence-corrected chi connectivity index (χ2v) is 6.40. The molecule has 0 unspecified atom stereocenters. The van der Waals surface area contributed by atoms with Crippen LogP contribution in [-0.4, -0.2) is 24.0 Å². The fourth-order valence-electron chi connectivity index (χ4n) is 2.58. The molecule has 0 saturated carbocycles. The molecule has 1 aliphatic heterocycles. The van der Waals surface area contributed by atoms with E-state index in [-0.39, 0.29) is 18.0 Å². The smallest absolute Gasteiger partial charge is 0.271 e. The number of rotatable bonds is 4. The van der Waals surface area contributed by atoms with Crippen LogP contribution >= 0.6 is 11.3 Å². The fraction of sp³-hybridized carbons (Fsp3) is 0.375. The third-order valence-corrected chi connectivity index (χ3v) is 4.90. The second-order valence-electron chi connectivity index (χ2n) is 5.51. The molecule has 0 spiro atoms. The van der Waals surface area contributed by atoms with Crippen molar-refractivity contribution in [3.05, 3.63) is 51.5 Å². The van der Waals surface area contributed by atoms with E-state index in [1.165, 1.54) is 23.5 Å². The van der Waals surface area contributed by atoms with E-state index >= 15 is 0 Å². The SMILES string of the molecule is O=C(NCc1ccc(F)cc1F)c1csc(C2CCNCC2)n1. The Labute approximate surface area is 136 Å². The highest BCUT2D eigenvalue weighted by Crippen LogP contribution is 2.27. The van der Waals surface area contributed by atoms with Crippen LogP contribution in [0.2, 0.25) is 0 Å². The molecule has 1 fully saturated rings. The summed E-state index contributed by atoms with van der Waals surface area (Å²) >= 11 is 1.49. The van der Waals surface area contributed by atoms with Crippen molar-refractivity contribution >= 4 is 17.2 Å². The number of thiazole rings is 1. The maximum absolute atomic E-state index is 13.5. The van der Waals surface area contributed by atoms with Gasteiger partial charge in [-0.15, -0.1) is 11.3 Å². The Bertz CT molecular complexity index is 698. The predicted octanol–water partition coefficient (Wildman–Crippen LogP) is 2.82. The molecule has 4 nitrogen and oxygen atoms in total. The van der Waals surface area contributed by atoms with Gasteiger partial charge in [-0.2, -0.15) is 0 Å². The average Bonchev–Trinajstić information content (AvgIpc) is 3.05. The lowest BCUT2D eigenvalue weighted by molar-refractivity contribution is 0.0946. The molecular weight excluding hydrogens is 320 g/mol. The fourth-order valence-corrected chi connectivity index (χ4v) is 3.55. The van der Waals surface area contributed by atoms with Gasteiger partial charge in [0.15, 0.2) is 0 Å². The van der Waals surface area contributed by atoms with Crippen LogP contribution in [0.3, 0.4) is 0 Å². The number of carbonyl (C=O) groups is 1. The van der Waals surface area contributed by atoms with Gasteiger partial charge in [-0.1, -0.05) is 6.07 Å². The first-order chi connectivity index (χ1) is 11.1. The molecule has 0 bridgehead atoms. The third-order valence-electron chi connectivity index (χ3n) is 3.90. The number of hydrogen-bond donors (Lipinski definition) is 2. The number of carbonyl (C=O) groups excluding carboxylic acids is 1. The molecular formula is C16H17F2N3OS. The zero-order chi connectivity index (χ0) is 16.2. The van der Waals surface area contributed by atoms with Gasteiger partial charge in [0, 0.05) is 29.5 Å². The lowest BCUT2D eigenvalue weighted by atomic mass is 9.99. The highest BCUT2D eigenvalue weighted by molar-refractivity contribution is 7.09. The van der Waals surface area contributed by atoms with Crippen molar-refractivity contribution in [1.82, 2.24) is 15.6 Å². The first kappa shape index (κ1) is 16.0. The van der Waals surface area contributed by atoms with Crippen molar-refractivity contribution in [2.45, 2.75) is 25.3 Å². The summed E-state index contributed by atoms with van der Waals surface area (Å²) in [6.45, 7) is 1.94. The molecule has 0 aliphatic carbocycles. The Morgan fingerprint density at radius 1 is 1.35 bits per heavy atom. The Hall–Kier alpha value is -1.86. The van der Waals surface area contributed by atoms with Gasteiger partial charge in [0.1, 0.15) is 17.3 Å². The largest absolute Gasteiger partial charge is 0.346 e. The van der Waals surface area contributed by atoms with Crippen molar-refractivity contribution in [2.24, 2.45) is 0 Å². The van der Waals surface area contributed by atoms with Gasteiger partial charge in [0.2, 0.25) is 0 Å². The minimum Gasteiger partial charge on any atom is -0.346 e. The van der Waals surface area contributed by atoms with Crippen molar-refractivity contribution in [3.8, 4) is 0 Å². The van der Waals surface area contributed by atoms with Crippen LogP contribution in [-0.2, 0) is 6.54 Å². The number of halogens is 2. The minimum atomic E-state index is -0.668. The zero-order valence-electron chi connectivity index (χ0n) is 12.4. The van der Waals surface area contributed by atoms with Crippen LogP contribution in [0.5, 0.6) is 0 Å². The molecule has 2 aromatic rings. The molecule has 23 heavy (non-hydrogen) atoms. The Morgan fingerprint density at radius 2 is 2.13 bits per heavy atom. The number of nitrogens with zero attached hydrogens (tertiary/aromatic N) is 1. The van der Waals surface area contributed by atoms with E-state index in [4.69, 9.17) is 0 Å². The summed E-state index contributed by atoms with van der Waals surface area (Å²) < 4.78 is 26.4. The van der Waals surface area contributed by atoms with E-state index in [0.29, 0.717) is 11.6 Å². The molecule has 0 radical (unpaired) electrons. The number of benzene rings is 1. The van der Waals surface area contributed by atoms with Gasteiger partial charge in [0.25, 0.3) is 5.91 Å². The van der Waals surface area contributed by atoms with Gasteiger partial charge in [0.05, 0.1) is 5.01 Å². The van der Waals surface area contributed by atoms with Gasteiger partial charge in [-0.25, -0.2) is 13.8 Å². The van der Waals surface area contributed by atoms with E-state index in [1.807, 2.05) is 0 Å². The van der Waals surface area contributed by atoms with Crippen molar-refractivity contribution in [1.29, 1.82) is 0 Å². The van der Waals surface area contributed by atoms with Crippen LogP contribution < -0.4 is 10.6 Å². The maximum Gasteiger partial charge on any atom is 0.271 e. The number of nitrogens with one attached hydrogen (secondary N) is 2. The van der Waals surface area contributed by atoms with Crippen molar-refractivity contribution in [3.63, 3.8) is 0 Å². The Balaban J connectivity index is 1.61. The molecule has 3 rings (SSSR count). The van der Waals surface area contributed by atoms with Crippen molar-refractivity contribution in [2.75, 3.05) is 13.1 Å². The van der Waals surface area contributed by atoms with E-state index in [2.05, 4.69) is 15.6 Å². The molecule has 1 aromatic carbocycles. The van der Waals surface area contributed by atoms with Crippen LogP contribution in [0.15, 0.2) is 23.6 Å².